The minimum atomic E-state index is 0.456. The Bertz CT molecular complexity index is 410. The lowest BCUT2D eigenvalue weighted by Crippen LogP contribution is -2.27. The Morgan fingerprint density at radius 1 is 1.47 bits per heavy atom. The molecule has 3 nitrogen and oxygen atoms in total. The van der Waals surface area contributed by atoms with Crippen LogP contribution < -0.4 is 11.1 Å². The van der Waals surface area contributed by atoms with Gasteiger partial charge in [-0.05, 0) is 52.5 Å². The molecule has 0 saturated carbocycles. The van der Waals surface area contributed by atoms with Crippen LogP contribution >= 0.6 is 15.9 Å². The van der Waals surface area contributed by atoms with Crippen molar-refractivity contribution in [3.8, 4) is 6.07 Å². The maximum Gasteiger partial charge on any atom is 0.0992 e. The molecule has 0 heterocycles. The zero-order valence-corrected chi connectivity index (χ0v) is 11.8. The summed E-state index contributed by atoms with van der Waals surface area (Å²) in [4.78, 5) is 0. The lowest BCUT2D eigenvalue weighted by Gasteiger charge is -2.20. The summed E-state index contributed by atoms with van der Waals surface area (Å²) in [6, 6.07) is 7.64. The summed E-state index contributed by atoms with van der Waals surface area (Å²) in [5, 5.41) is 12.1. The molecule has 92 valence electrons. The quantitative estimate of drug-likeness (QED) is 0.878. The van der Waals surface area contributed by atoms with Gasteiger partial charge in [-0.3, -0.25) is 0 Å². The summed E-state index contributed by atoms with van der Waals surface area (Å²) >= 11 is 3.45. The van der Waals surface area contributed by atoms with E-state index >= 15 is 0 Å². The normalized spacial score (nSPS) is 12.2. The maximum atomic E-state index is 8.77. The van der Waals surface area contributed by atoms with Gasteiger partial charge in [0.2, 0.25) is 0 Å². The van der Waals surface area contributed by atoms with E-state index in [1.165, 1.54) is 0 Å². The molecule has 0 radical (unpaired) electrons. The van der Waals surface area contributed by atoms with Crippen LogP contribution in [0.25, 0.3) is 0 Å². The second-order valence-electron chi connectivity index (χ2n) is 4.43. The van der Waals surface area contributed by atoms with Crippen molar-refractivity contribution in [1.82, 2.24) is 0 Å². The Balaban J connectivity index is 2.67. The lowest BCUT2D eigenvalue weighted by molar-refractivity contribution is 0.413. The van der Waals surface area contributed by atoms with Crippen LogP contribution in [0.5, 0.6) is 0 Å². The first kappa shape index (κ1) is 14.0. The second-order valence-corrected chi connectivity index (χ2v) is 5.28. The average Bonchev–Trinajstić information content (AvgIpc) is 2.31. The second kappa shape index (κ2) is 6.63. The number of anilines is 1. The SMILES string of the molecule is CC(C)C(CN)CNc1ccc(C#N)cc1Br. The molecule has 0 saturated heterocycles. The fraction of sp³-hybridized carbons (Fsp3) is 0.462. The van der Waals surface area contributed by atoms with Crippen molar-refractivity contribution in [2.45, 2.75) is 13.8 Å². The van der Waals surface area contributed by atoms with Gasteiger partial charge in [0.05, 0.1) is 11.6 Å². The number of nitriles is 1. The Hall–Kier alpha value is -1.05. The molecule has 1 aromatic rings. The lowest BCUT2D eigenvalue weighted by atomic mass is 9.96. The van der Waals surface area contributed by atoms with Crippen molar-refractivity contribution in [1.29, 1.82) is 5.26 Å². The molecule has 0 amide bonds. The molecule has 1 aromatic carbocycles. The van der Waals surface area contributed by atoms with E-state index in [-0.39, 0.29) is 0 Å². The number of hydrogen-bond acceptors (Lipinski definition) is 3. The predicted octanol–water partition coefficient (Wildman–Crippen LogP) is 2.96. The summed E-state index contributed by atoms with van der Waals surface area (Å²) in [6.07, 6.45) is 0. The van der Waals surface area contributed by atoms with Gasteiger partial charge in [0.25, 0.3) is 0 Å². The number of hydrogen-bond donors (Lipinski definition) is 2. The molecular formula is C13H18BrN3. The van der Waals surface area contributed by atoms with Gasteiger partial charge in [0.15, 0.2) is 0 Å². The van der Waals surface area contributed by atoms with Gasteiger partial charge in [-0.1, -0.05) is 13.8 Å². The van der Waals surface area contributed by atoms with E-state index < -0.39 is 0 Å². The number of benzene rings is 1. The number of halogens is 1. The highest BCUT2D eigenvalue weighted by Gasteiger charge is 2.11. The zero-order valence-electron chi connectivity index (χ0n) is 10.2. The minimum absolute atomic E-state index is 0.456. The summed E-state index contributed by atoms with van der Waals surface area (Å²) in [5.41, 5.74) is 7.38. The molecule has 0 spiro atoms. The van der Waals surface area contributed by atoms with Crippen LogP contribution in [-0.4, -0.2) is 13.1 Å². The Morgan fingerprint density at radius 2 is 2.18 bits per heavy atom. The molecule has 1 rings (SSSR count). The first-order chi connectivity index (χ1) is 8.08. The van der Waals surface area contributed by atoms with Gasteiger partial charge < -0.3 is 11.1 Å². The smallest absolute Gasteiger partial charge is 0.0992 e. The van der Waals surface area contributed by atoms with E-state index in [1.54, 1.807) is 6.07 Å². The zero-order chi connectivity index (χ0) is 12.8. The van der Waals surface area contributed by atoms with E-state index in [9.17, 15) is 0 Å². The van der Waals surface area contributed by atoms with E-state index in [2.05, 4.69) is 41.2 Å². The number of rotatable bonds is 5. The minimum Gasteiger partial charge on any atom is -0.384 e. The van der Waals surface area contributed by atoms with Gasteiger partial charge in [0.1, 0.15) is 0 Å². The van der Waals surface area contributed by atoms with Crippen LogP contribution in [0, 0.1) is 23.2 Å². The van der Waals surface area contributed by atoms with E-state index in [1.807, 2.05) is 12.1 Å². The molecule has 17 heavy (non-hydrogen) atoms. The average molecular weight is 296 g/mol. The van der Waals surface area contributed by atoms with Crippen molar-refractivity contribution in [3.05, 3.63) is 28.2 Å². The van der Waals surface area contributed by atoms with Gasteiger partial charge in [0, 0.05) is 16.7 Å². The standard InChI is InChI=1S/C13H18BrN3/c1-9(2)11(7-16)8-17-13-4-3-10(6-15)5-12(13)14/h3-5,9,11,17H,7-8,16H2,1-2H3. The van der Waals surface area contributed by atoms with Crippen molar-refractivity contribution >= 4 is 21.6 Å². The molecule has 3 N–H and O–H groups in total. The monoisotopic (exact) mass is 295 g/mol. The summed E-state index contributed by atoms with van der Waals surface area (Å²) < 4.78 is 0.913. The first-order valence-electron chi connectivity index (χ1n) is 5.72. The summed E-state index contributed by atoms with van der Waals surface area (Å²) in [5.74, 6) is 1.02. The van der Waals surface area contributed by atoms with Gasteiger partial charge in [-0.2, -0.15) is 5.26 Å². The Kier molecular flexibility index (Phi) is 5.46. The highest BCUT2D eigenvalue weighted by atomic mass is 79.9. The van der Waals surface area contributed by atoms with E-state index in [4.69, 9.17) is 11.0 Å². The summed E-state index contributed by atoms with van der Waals surface area (Å²) in [6.45, 7) is 5.87. The van der Waals surface area contributed by atoms with Crippen molar-refractivity contribution in [2.24, 2.45) is 17.6 Å². The Morgan fingerprint density at radius 3 is 2.65 bits per heavy atom. The largest absolute Gasteiger partial charge is 0.384 e. The molecule has 0 bridgehead atoms. The van der Waals surface area contributed by atoms with Gasteiger partial charge in [-0.15, -0.1) is 0 Å². The van der Waals surface area contributed by atoms with Crippen LogP contribution in [0.2, 0.25) is 0 Å². The molecule has 0 aliphatic rings. The molecular weight excluding hydrogens is 278 g/mol. The molecule has 0 fully saturated rings. The predicted molar refractivity (Wildman–Crippen MR) is 74.7 cm³/mol. The summed E-state index contributed by atoms with van der Waals surface area (Å²) in [7, 11) is 0. The molecule has 0 aliphatic carbocycles. The van der Waals surface area contributed by atoms with Crippen LogP contribution in [-0.2, 0) is 0 Å². The van der Waals surface area contributed by atoms with E-state index in [0.29, 0.717) is 23.9 Å². The van der Waals surface area contributed by atoms with Crippen LogP contribution in [0.15, 0.2) is 22.7 Å². The van der Waals surface area contributed by atoms with Crippen LogP contribution in [0.1, 0.15) is 19.4 Å². The third-order valence-electron chi connectivity index (χ3n) is 2.90. The molecule has 0 aromatic heterocycles. The highest BCUT2D eigenvalue weighted by molar-refractivity contribution is 9.10. The van der Waals surface area contributed by atoms with Gasteiger partial charge >= 0.3 is 0 Å². The highest BCUT2D eigenvalue weighted by Crippen LogP contribution is 2.24. The van der Waals surface area contributed by atoms with E-state index in [0.717, 1.165) is 16.7 Å². The van der Waals surface area contributed by atoms with Crippen molar-refractivity contribution < 1.29 is 0 Å². The Labute approximate surface area is 111 Å². The molecule has 0 aliphatic heterocycles. The maximum absolute atomic E-state index is 8.77. The molecule has 1 unspecified atom stereocenters. The van der Waals surface area contributed by atoms with Crippen molar-refractivity contribution in [2.75, 3.05) is 18.4 Å². The molecule has 4 heteroatoms. The van der Waals surface area contributed by atoms with Crippen LogP contribution in [0.3, 0.4) is 0 Å². The molecule has 1 atom stereocenters. The number of nitrogens with two attached hydrogens (primary N) is 1. The number of nitrogens with zero attached hydrogens (tertiary/aromatic N) is 1. The van der Waals surface area contributed by atoms with Crippen molar-refractivity contribution in [3.63, 3.8) is 0 Å². The first-order valence-corrected chi connectivity index (χ1v) is 6.51. The number of nitrogens with one attached hydrogen (secondary N) is 1. The fourth-order valence-electron chi connectivity index (χ4n) is 1.56. The van der Waals surface area contributed by atoms with Gasteiger partial charge in [-0.25, -0.2) is 0 Å². The third-order valence-corrected chi connectivity index (χ3v) is 3.55. The topological polar surface area (TPSA) is 61.8 Å². The van der Waals surface area contributed by atoms with Crippen LogP contribution in [0.4, 0.5) is 5.69 Å². The third kappa shape index (κ3) is 4.03. The fourth-order valence-corrected chi connectivity index (χ4v) is 2.08.